The van der Waals surface area contributed by atoms with Crippen molar-refractivity contribution in [3.8, 4) is 0 Å². The third-order valence-corrected chi connectivity index (χ3v) is 1.83. The van der Waals surface area contributed by atoms with E-state index in [0.29, 0.717) is 18.7 Å². The highest BCUT2D eigenvalue weighted by Gasteiger charge is 2.08. The van der Waals surface area contributed by atoms with Crippen LogP contribution in [0.4, 0.5) is 0 Å². The molecular formula is C9H15N3O. The van der Waals surface area contributed by atoms with Crippen LogP contribution >= 0.6 is 0 Å². The molecule has 1 atom stereocenters. The Kier molecular flexibility index (Phi) is 3.79. The van der Waals surface area contributed by atoms with Gasteiger partial charge in [-0.15, -0.1) is 0 Å². The van der Waals surface area contributed by atoms with Crippen molar-refractivity contribution in [1.29, 1.82) is 0 Å². The van der Waals surface area contributed by atoms with Crippen LogP contribution in [0.5, 0.6) is 0 Å². The lowest BCUT2D eigenvalue weighted by molar-refractivity contribution is 0.159. The van der Waals surface area contributed by atoms with Gasteiger partial charge in [-0.25, -0.2) is 0 Å². The number of aliphatic hydroxyl groups is 1. The van der Waals surface area contributed by atoms with Gasteiger partial charge in [-0.2, -0.15) is 10.2 Å². The van der Waals surface area contributed by atoms with Crippen LogP contribution in [0.3, 0.4) is 0 Å². The molecule has 4 nitrogen and oxygen atoms in total. The molecule has 0 fully saturated rings. The number of nitrogens with two attached hydrogens (primary N) is 1. The largest absolute Gasteiger partial charge is 0.387 e. The second kappa shape index (κ2) is 4.89. The summed E-state index contributed by atoms with van der Waals surface area (Å²) >= 11 is 0. The molecule has 1 aromatic heterocycles. The predicted molar refractivity (Wildman–Crippen MR) is 50.0 cm³/mol. The van der Waals surface area contributed by atoms with Gasteiger partial charge in [0.2, 0.25) is 0 Å². The van der Waals surface area contributed by atoms with Crippen LogP contribution in [0.1, 0.15) is 30.2 Å². The molecule has 0 spiro atoms. The molecule has 4 heteroatoms. The van der Waals surface area contributed by atoms with Gasteiger partial charge in [-0.1, -0.05) is 0 Å². The summed E-state index contributed by atoms with van der Waals surface area (Å²) in [6, 6.07) is 1.84. The number of rotatable bonds is 4. The van der Waals surface area contributed by atoms with Gasteiger partial charge in [0.15, 0.2) is 0 Å². The fourth-order valence-corrected chi connectivity index (χ4v) is 1.11. The molecule has 3 N–H and O–H groups in total. The number of aryl methyl sites for hydroxylation is 1. The molecule has 0 aliphatic rings. The molecule has 0 saturated carbocycles. The highest BCUT2D eigenvalue weighted by molar-refractivity contribution is 5.12. The maximum atomic E-state index is 9.62. The standard InChI is InChI=1S/C9H15N3O/c1-7-5-8(12-11-6-7)9(13)3-2-4-10/h5-6,9,13H,2-4,10H2,1H3. The first-order valence-corrected chi connectivity index (χ1v) is 4.41. The fourth-order valence-electron chi connectivity index (χ4n) is 1.11. The lowest BCUT2D eigenvalue weighted by Gasteiger charge is -2.08. The van der Waals surface area contributed by atoms with Crippen LogP contribution in [0, 0.1) is 6.92 Å². The van der Waals surface area contributed by atoms with E-state index in [2.05, 4.69) is 10.2 Å². The van der Waals surface area contributed by atoms with E-state index in [-0.39, 0.29) is 0 Å². The molecule has 0 bridgehead atoms. The van der Waals surface area contributed by atoms with Crippen LogP contribution in [-0.4, -0.2) is 21.8 Å². The zero-order chi connectivity index (χ0) is 9.68. The Balaban J connectivity index is 2.60. The third-order valence-electron chi connectivity index (χ3n) is 1.83. The van der Waals surface area contributed by atoms with E-state index in [0.717, 1.165) is 12.0 Å². The van der Waals surface area contributed by atoms with Gasteiger partial charge >= 0.3 is 0 Å². The minimum atomic E-state index is -0.532. The van der Waals surface area contributed by atoms with Crippen molar-refractivity contribution >= 4 is 0 Å². The molecule has 0 radical (unpaired) electrons. The molecule has 0 aliphatic heterocycles. The Hall–Kier alpha value is -1.00. The SMILES string of the molecule is Cc1cnnc(C(O)CCCN)c1. The molecule has 0 aliphatic carbocycles. The molecule has 0 amide bonds. The Morgan fingerprint density at radius 3 is 3.00 bits per heavy atom. The summed E-state index contributed by atoms with van der Waals surface area (Å²) < 4.78 is 0. The van der Waals surface area contributed by atoms with Crippen molar-refractivity contribution in [3.63, 3.8) is 0 Å². The maximum Gasteiger partial charge on any atom is 0.0979 e. The highest BCUT2D eigenvalue weighted by atomic mass is 16.3. The third kappa shape index (κ3) is 3.08. The van der Waals surface area contributed by atoms with E-state index in [4.69, 9.17) is 5.73 Å². The van der Waals surface area contributed by atoms with Crippen molar-refractivity contribution in [1.82, 2.24) is 10.2 Å². The van der Waals surface area contributed by atoms with Crippen molar-refractivity contribution in [2.45, 2.75) is 25.9 Å². The average Bonchev–Trinajstić information content (AvgIpc) is 2.14. The molecule has 72 valence electrons. The van der Waals surface area contributed by atoms with Gasteiger partial charge in [-0.3, -0.25) is 0 Å². The summed E-state index contributed by atoms with van der Waals surface area (Å²) in [6.45, 7) is 2.52. The number of hydrogen-bond acceptors (Lipinski definition) is 4. The average molecular weight is 181 g/mol. The first-order chi connectivity index (χ1) is 6.24. The molecule has 1 aromatic rings. The Morgan fingerprint density at radius 2 is 2.38 bits per heavy atom. The first-order valence-electron chi connectivity index (χ1n) is 4.41. The maximum absolute atomic E-state index is 9.62. The molecule has 1 heterocycles. The monoisotopic (exact) mass is 181 g/mol. The molecule has 1 rings (SSSR count). The van der Waals surface area contributed by atoms with Gasteiger partial charge in [0.25, 0.3) is 0 Å². The minimum absolute atomic E-state index is 0.532. The van der Waals surface area contributed by atoms with E-state index in [1.807, 2.05) is 13.0 Å². The van der Waals surface area contributed by atoms with E-state index in [1.165, 1.54) is 0 Å². The van der Waals surface area contributed by atoms with Crippen molar-refractivity contribution in [2.75, 3.05) is 6.54 Å². The smallest absolute Gasteiger partial charge is 0.0979 e. The Labute approximate surface area is 77.8 Å². The van der Waals surface area contributed by atoms with Crippen LogP contribution in [0.2, 0.25) is 0 Å². The summed E-state index contributed by atoms with van der Waals surface area (Å²) in [4.78, 5) is 0. The zero-order valence-electron chi connectivity index (χ0n) is 7.77. The molecular weight excluding hydrogens is 166 g/mol. The fraction of sp³-hybridized carbons (Fsp3) is 0.556. The van der Waals surface area contributed by atoms with E-state index >= 15 is 0 Å². The van der Waals surface area contributed by atoms with Gasteiger partial charge < -0.3 is 10.8 Å². The quantitative estimate of drug-likeness (QED) is 0.711. The van der Waals surface area contributed by atoms with Gasteiger partial charge in [0, 0.05) is 0 Å². The van der Waals surface area contributed by atoms with E-state index < -0.39 is 6.10 Å². The zero-order valence-corrected chi connectivity index (χ0v) is 7.77. The Morgan fingerprint density at radius 1 is 1.62 bits per heavy atom. The van der Waals surface area contributed by atoms with Gasteiger partial charge in [0.1, 0.15) is 0 Å². The predicted octanol–water partition coefficient (Wildman–Crippen LogP) is 0.557. The number of hydrogen-bond donors (Lipinski definition) is 2. The normalized spacial score (nSPS) is 12.8. The topological polar surface area (TPSA) is 72.0 Å². The van der Waals surface area contributed by atoms with Crippen LogP contribution < -0.4 is 5.73 Å². The number of aromatic nitrogens is 2. The lowest BCUT2D eigenvalue weighted by atomic mass is 10.1. The summed E-state index contributed by atoms with van der Waals surface area (Å²) in [7, 11) is 0. The van der Waals surface area contributed by atoms with Crippen LogP contribution in [0.15, 0.2) is 12.3 Å². The number of aliphatic hydroxyl groups excluding tert-OH is 1. The van der Waals surface area contributed by atoms with Crippen molar-refractivity contribution < 1.29 is 5.11 Å². The lowest BCUT2D eigenvalue weighted by Crippen LogP contribution is -2.06. The number of nitrogens with zero attached hydrogens (tertiary/aromatic N) is 2. The Bertz CT molecular complexity index is 265. The van der Waals surface area contributed by atoms with E-state index in [9.17, 15) is 5.11 Å². The highest BCUT2D eigenvalue weighted by Crippen LogP contribution is 2.15. The summed E-state index contributed by atoms with van der Waals surface area (Å²) in [5.41, 5.74) is 6.98. The van der Waals surface area contributed by atoms with Crippen molar-refractivity contribution in [3.05, 3.63) is 23.5 Å². The van der Waals surface area contributed by atoms with Crippen LogP contribution in [0.25, 0.3) is 0 Å². The molecule has 0 saturated heterocycles. The van der Waals surface area contributed by atoms with E-state index in [1.54, 1.807) is 6.20 Å². The summed E-state index contributed by atoms with van der Waals surface area (Å²) in [5, 5.41) is 17.2. The molecule has 1 unspecified atom stereocenters. The van der Waals surface area contributed by atoms with Crippen LogP contribution in [-0.2, 0) is 0 Å². The first kappa shape index (κ1) is 10.1. The summed E-state index contributed by atoms with van der Waals surface area (Å²) in [6.07, 6.45) is 2.58. The molecule has 13 heavy (non-hydrogen) atoms. The molecule has 0 aromatic carbocycles. The minimum Gasteiger partial charge on any atom is -0.387 e. The second-order valence-corrected chi connectivity index (χ2v) is 3.10. The van der Waals surface area contributed by atoms with Crippen molar-refractivity contribution in [2.24, 2.45) is 5.73 Å². The van der Waals surface area contributed by atoms with Gasteiger partial charge in [0.05, 0.1) is 18.0 Å². The summed E-state index contributed by atoms with van der Waals surface area (Å²) in [5.74, 6) is 0. The second-order valence-electron chi connectivity index (χ2n) is 3.10. The van der Waals surface area contributed by atoms with Gasteiger partial charge in [-0.05, 0) is 37.9 Å².